The molecule has 1 atom stereocenters. The van der Waals surface area contributed by atoms with Gasteiger partial charge in [0.2, 0.25) is 0 Å². The zero-order valence-electron chi connectivity index (χ0n) is 14.5. The van der Waals surface area contributed by atoms with Gasteiger partial charge in [-0.3, -0.25) is 4.79 Å². The smallest absolute Gasteiger partial charge is 0.263 e. The van der Waals surface area contributed by atoms with Crippen molar-refractivity contribution in [3.63, 3.8) is 0 Å². The Morgan fingerprint density at radius 3 is 2.52 bits per heavy atom. The molecule has 0 bridgehead atoms. The van der Waals surface area contributed by atoms with E-state index >= 15 is 0 Å². The van der Waals surface area contributed by atoms with Gasteiger partial charge in [0, 0.05) is 22.5 Å². The molecule has 1 N–H and O–H groups in total. The van der Waals surface area contributed by atoms with Gasteiger partial charge in [0.15, 0.2) is 0 Å². The number of carboxylic acid groups (broad SMARTS) is 1. The van der Waals surface area contributed by atoms with Crippen molar-refractivity contribution in [3.8, 4) is 5.75 Å². The molecule has 0 spiro atoms. The van der Waals surface area contributed by atoms with Crippen LogP contribution in [0, 0.1) is 0 Å². The highest BCUT2D eigenvalue weighted by Crippen LogP contribution is 2.35. The number of benzene rings is 2. The van der Waals surface area contributed by atoms with E-state index in [0.717, 1.165) is 10.1 Å². The first kappa shape index (κ1) is 19.2. The maximum atomic E-state index is 12.7. The number of aliphatic carboxylic acids is 1. The average molecular weight is 403 g/mol. The second kappa shape index (κ2) is 8.41. The molecule has 0 fully saturated rings. The van der Waals surface area contributed by atoms with Crippen LogP contribution in [0.5, 0.6) is 5.75 Å². The van der Waals surface area contributed by atoms with Gasteiger partial charge in [-0.1, -0.05) is 41.9 Å². The molecule has 0 saturated heterocycles. The number of halogens is 1. The lowest BCUT2D eigenvalue weighted by Gasteiger charge is -2.20. The van der Waals surface area contributed by atoms with Gasteiger partial charge in [0.25, 0.3) is 5.91 Å². The number of nitrogens with one attached hydrogen (secondary N) is 1. The lowest BCUT2D eigenvalue weighted by atomic mass is 10.0. The first-order chi connectivity index (χ1) is 13.0. The molecule has 0 aliphatic carbocycles. The van der Waals surface area contributed by atoms with Crippen LogP contribution in [0.25, 0.3) is 10.1 Å². The van der Waals surface area contributed by atoms with Crippen molar-refractivity contribution in [2.24, 2.45) is 0 Å². The van der Waals surface area contributed by atoms with E-state index in [1.807, 2.05) is 31.2 Å². The van der Waals surface area contributed by atoms with Gasteiger partial charge in [0.1, 0.15) is 10.6 Å². The van der Waals surface area contributed by atoms with Gasteiger partial charge in [-0.05, 0) is 30.7 Å². The molecule has 1 amide bonds. The number of carbonyl (C=O) groups is 2. The molecule has 5 nitrogen and oxygen atoms in total. The Morgan fingerprint density at radius 2 is 1.89 bits per heavy atom. The van der Waals surface area contributed by atoms with Gasteiger partial charge < -0.3 is 20.0 Å². The summed E-state index contributed by atoms with van der Waals surface area (Å²) in [7, 11) is 0. The van der Waals surface area contributed by atoms with Gasteiger partial charge in [-0.15, -0.1) is 11.3 Å². The minimum Gasteiger partial charge on any atom is -0.550 e. The number of ether oxygens (including phenoxy) is 1. The maximum Gasteiger partial charge on any atom is 0.263 e. The van der Waals surface area contributed by atoms with Crippen molar-refractivity contribution in [1.82, 2.24) is 5.32 Å². The molecule has 0 saturated carbocycles. The molecule has 7 heteroatoms. The largest absolute Gasteiger partial charge is 0.550 e. The Balaban J connectivity index is 1.85. The lowest BCUT2D eigenvalue weighted by molar-refractivity contribution is -0.306. The molecule has 1 heterocycles. The first-order valence-electron chi connectivity index (χ1n) is 8.40. The maximum absolute atomic E-state index is 12.7. The summed E-state index contributed by atoms with van der Waals surface area (Å²) in [6.07, 6.45) is -0.345. The highest BCUT2D eigenvalue weighted by Gasteiger charge is 2.21. The summed E-state index contributed by atoms with van der Waals surface area (Å²) < 4.78 is 6.28. The Hall–Kier alpha value is -2.57. The van der Waals surface area contributed by atoms with E-state index in [1.165, 1.54) is 11.3 Å². The zero-order chi connectivity index (χ0) is 19.4. The van der Waals surface area contributed by atoms with Crippen LogP contribution < -0.4 is 15.2 Å². The van der Waals surface area contributed by atoms with Gasteiger partial charge >= 0.3 is 0 Å². The minimum absolute atomic E-state index is 0.345. The molecule has 0 aliphatic heterocycles. The van der Waals surface area contributed by atoms with Crippen LogP contribution >= 0.6 is 22.9 Å². The number of carboxylic acids is 1. The standard InChI is InChI=1S/C20H18ClNO4S/c1-2-26-13-9-7-12(8-10-13)15(11-17(23)24)22-20(25)19-18(21)14-5-3-4-6-16(14)27-19/h3-10,15H,2,11H2,1H3,(H,22,25)(H,23,24)/p-1. The predicted molar refractivity (Wildman–Crippen MR) is 104 cm³/mol. The van der Waals surface area contributed by atoms with E-state index in [9.17, 15) is 14.7 Å². The van der Waals surface area contributed by atoms with Crippen molar-refractivity contribution in [2.75, 3.05) is 6.61 Å². The van der Waals surface area contributed by atoms with Crippen molar-refractivity contribution in [3.05, 3.63) is 64.0 Å². The molecule has 3 aromatic rings. The van der Waals surface area contributed by atoms with Gasteiger partial charge in [-0.25, -0.2) is 0 Å². The SMILES string of the molecule is CCOc1ccc(C(CC(=O)[O-])NC(=O)c2sc3ccccc3c2Cl)cc1. The van der Waals surface area contributed by atoms with E-state index in [0.29, 0.717) is 27.8 Å². The number of hydrogen-bond acceptors (Lipinski definition) is 5. The molecule has 1 unspecified atom stereocenters. The molecule has 0 aliphatic rings. The molecule has 0 radical (unpaired) electrons. The topological polar surface area (TPSA) is 78.5 Å². The van der Waals surface area contributed by atoms with Crippen molar-refractivity contribution >= 4 is 44.9 Å². The summed E-state index contributed by atoms with van der Waals surface area (Å²) in [4.78, 5) is 24.3. The molecule has 2 aromatic carbocycles. The average Bonchev–Trinajstić information content (AvgIpc) is 2.99. The number of thiophene rings is 1. The van der Waals surface area contributed by atoms with Crippen molar-refractivity contribution in [1.29, 1.82) is 0 Å². The Morgan fingerprint density at radius 1 is 1.19 bits per heavy atom. The lowest BCUT2D eigenvalue weighted by Crippen LogP contribution is -2.34. The first-order valence-corrected chi connectivity index (χ1v) is 9.59. The molecular weight excluding hydrogens is 386 g/mol. The van der Waals surface area contributed by atoms with Crippen LogP contribution in [0.3, 0.4) is 0 Å². The van der Waals surface area contributed by atoms with Crippen molar-refractivity contribution < 1.29 is 19.4 Å². The third-order valence-corrected chi connectivity index (χ3v) is 5.68. The highest BCUT2D eigenvalue weighted by atomic mass is 35.5. The quantitative estimate of drug-likeness (QED) is 0.655. The van der Waals surface area contributed by atoms with E-state index in [4.69, 9.17) is 16.3 Å². The van der Waals surface area contributed by atoms with Crippen LogP contribution in [-0.4, -0.2) is 18.5 Å². The van der Waals surface area contributed by atoms with Crippen LogP contribution in [0.1, 0.15) is 34.6 Å². The third-order valence-electron chi connectivity index (χ3n) is 4.01. The molecular formula is C20H17ClNO4S-. The number of carbonyl (C=O) groups excluding carboxylic acids is 2. The fourth-order valence-corrected chi connectivity index (χ4v) is 4.19. The summed E-state index contributed by atoms with van der Waals surface area (Å²) in [6.45, 7) is 2.41. The van der Waals surface area contributed by atoms with E-state index < -0.39 is 17.9 Å². The monoisotopic (exact) mass is 402 g/mol. The molecule has 27 heavy (non-hydrogen) atoms. The highest BCUT2D eigenvalue weighted by molar-refractivity contribution is 7.21. The third kappa shape index (κ3) is 4.40. The van der Waals surface area contributed by atoms with Crippen molar-refractivity contribution in [2.45, 2.75) is 19.4 Å². The van der Waals surface area contributed by atoms with E-state index in [1.54, 1.807) is 24.3 Å². The predicted octanol–water partition coefficient (Wildman–Crippen LogP) is 3.56. The number of hydrogen-bond donors (Lipinski definition) is 1. The van der Waals surface area contributed by atoms with Crippen LogP contribution in [-0.2, 0) is 4.79 Å². The number of fused-ring (bicyclic) bond motifs is 1. The molecule has 3 rings (SSSR count). The molecule has 140 valence electrons. The second-order valence-electron chi connectivity index (χ2n) is 5.85. The van der Waals surface area contributed by atoms with Crippen LogP contribution in [0.2, 0.25) is 5.02 Å². The van der Waals surface area contributed by atoms with Gasteiger partial charge in [0.05, 0.1) is 17.7 Å². The Bertz CT molecular complexity index is 968. The molecule has 1 aromatic heterocycles. The zero-order valence-corrected chi connectivity index (χ0v) is 16.1. The summed E-state index contributed by atoms with van der Waals surface area (Å²) in [5.41, 5.74) is 0.647. The second-order valence-corrected chi connectivity index (χ2v) is 7.28. The van der Waals surface area contributed by atoms with Crippen LogP contribution in [0.15, 0.2) is 48.5 Å². The fourth-order valence-electron chi connectivity index (χ4n) is 2.77. The Labute approximate surface area is 165 Å². The van der Waals surface area contributed by atoms with E-state index in [2.05, 4.69) is 5.32 Å². The minimum atomic E-state index is -1.25. The Kier molecular flexibility index (Phi) is 5.98. The normalized spacial score (nSPS) is 11.9. The van der Waals surface area contributed by atoms with E-state index in [-0.39, 0.29) is 6.42 Å². The summed E-state index contributed by atoms with van der Waals surface area (Å²) in [5, 5.41) is 15.1. The number of rotatable bonds is 7. The summed E-state index contributed by atoms with van der Waals surface area (Å²) in [5.74, 6) is -0.995. The summed E-state index contributed by atoms with van der Waals surface area (Å²) >= 11 is 7.62. The number of amides is 1. The summed E-state index contributed by atoms with van der Waals surface area (Å²) in [6, 6.07) is 13.6. The fraction of sp³-hybridized carbons (Fsp3) is 0.200. The van der Waals surface area contributed by atoms with Gasteiger partial charge in [-0.2, -0.15) is 0 Å². The van der Waals surface area contributed by atoms with Crippen LogP contribution in [0.4, 0.5) is 0 Å².